The number of pyridine rings is 1. The van der Waals surface area contributed by atoms with Crippen LogP contribution in [0.3, 0.4) is 0 Å². The van der Waals surface area contributed by atoms with Crippen molar-refractivity contribution >= 4 is 29.0 Å². The second-order valence-electron chi connectivity index (χ2n) is 6.63. The van der Waals surface area contributed by atoms with E-state index in [1.165, 1.54) is 4.88 Å². The number of phenolic OH excluding ortho intramolecular Hbond substituents is 1. The maximum Gasteiger partial charge on any atom is 0.257 e. The first kappa shape index (κ1) is 21.3. The number of hydrogen-bond donors (Lipinski definition) is 1. The molecule has 0 aliphatic rings. The molecule has 29 heavy (non-hydrogen) atoms. The van der Waals surface area contributed by atoms with Gasteiger partial charge in [0.2, 0.25) is 0 Å². The molecule has 5 nitrogen and oxygen atoms in total. The number of carbonyl (C=O) groups is 1. The molecule has 0 aliphatic carbocycles. The number of amides is 1. The van der Waals surface area contributed by atoms with Gasteiger partial charge in [0, 0.05) is 41.2 Å². The van der Waals surface area contributed by atoms with Gasteiger partial charge in [-0.3, -0.25) is 9.78 Å². The van der Waals surface area contributed by atoms with Gasteiger partial charge in [-0.2, -0.15) is 11.8 Å². The predicted octanol–water partition coefficient (Wildman–Crippen LogP) is 5.18. The van der Waals surface area contributed by atoms with Crippen LogP contribution < -0.4 is 0 Å². The van der Waals surface area contributed by atoms with E-state index in [4.69, 9.17) is 4.98 Å². The molecule has 0 spiro atoms. The number of hydrogen-bond acceptors (Lipinski definition) is 6. The molecular formula is C22H25N3O2S2. The maximum atomic E-state index is 12.8. The Morgan fingerprint density at radius 2 is 2.07 bits per heavy atom. The average molecular weight is 428 g/mol. The molecule has 1 N–H and O–H groups in total. The van der Waals surface area contributed by atoms with Crippen molar-refractivity contribution in [1.29, 1.82) is 0 Å². The highest BCUT2D eigenvalue weighted by Gasteiger charge is 2.22. The predicted molar refractivity (Wildman–Crippen MR) is 121 cm³/mol. The van der Waals surface area contributed by atoms with Crippen LogP contribution in [0.1, 0.15) is 39.5 Å². The fourth-order valence-electron chi connectivity index (χ4n) is 3.18. The van der Waals surface area contributed by atoms with Crippen LogP contribution in [0.25, 0.3) is 10.6 Å². The number of benzene rings is 1. The zero-order valence-electron chi connectivity index (χ0n) is 16.8. The maximum absolute atomic E-state index is 12.8. The molecule has 2 heterocycles. The summed E-state index contributed by atoms with van der Waals surface area (Å²) >= 11 is 3.47. The molecule has 0 aliphatic heterocycles. The zero-order chi connectivity index (χ0) is 20.8. The van der Waals surface area contributed by atoms with Gasteiger partial charge < -0.3 is 10.0 Å². The molecule has 3 rings (SSSR count). The number of nitrogens with zero attached hydrogens (tertiary/aromatic N) is 3. The summed E-state index contributed by atoms with van der Waals surface area (Å²) in [6, 6.07) is 10.6. The lowest BCUT2D eigenvalue weighted by Gasteiger charge is -2.23. The Labute approximate surface area is 179 Å². The Kier molecular flexibility index (Phi) is 7.28. The second-order valence-corrected chi connectivity index (χ2v) is 8.70. The van der Waals surface area contributed by atoms with E-state index < -0.39 is 0 Å². The summed E-state index contributed by atoms with van der Waals surface area (Å²) in [6.45, 7) is 5.22. The van der Waals surface area contributed by atoms with E-state index in [0.29, 0.717) is 18.7 Å². The van der Waals surface area contributed by atoms with Gasteiger partial charge >= 0.3 is 0 Å². The van der Waals surface area contributed by atoms with Gasteiger partial charge in [-0.1, -0.05) is 12.1 Å². The van der Waals surface area contributed by atoms with E-state index in [2.05, 4.69) is 11.2 Å². The lowest BCUT2D eigenvalue weighted by Crippen LogP contribution is -2.32. The van der Waals surface area contributed by atoms with Crippen LogP contribution in [0.4, 0.5) is 0 Å². The molecule has 152 valence electrons. The van der Waals surface area contributed by atoms with Gasteiger partial charge in [0.25, 0.3) is 5.91 Å². The van der Waals surface area contributed by atoms with Crippen LogP contribution in [-0.4, -0.2) is 45.2 Å². The van der Waals surface area contributed by atoms with Crippen molar-refractivity contribution in [2.75, 3.05) is 19.3 Å². The monoisotopic (exact) mass is 427 g/mol. The number of aryl methyl sites for hydroxylation is 1. The smallest absolute Gasteiger partial charge is 0.257 e. The van der Waals surface area contributed by atoms with E-state index in [9.17, 15) is 9.90 Å². The minimum absolute atomic E-state index is 0.0248. The number of phenols is 1. The number of thiazole rings is 1. The van der Waals surface area contributed by atoms with Crippen molar-refractivity contribution < 1.29 is 9.90 Å². The normalized spacial score (nSPS) is 12.0. The van der Waals surface area contributed by atoms with Crippen molar-refractivity contribution in [1.82, 2.24) is 14.9 Å². The van der Waals surface area contributed by atoms with Crippen molar-refractivity contribution in [3.05, 3.63) is 64.9 Å². The molecular weight excluding hydrogens is 402 g/mol. The van der Waals surface area contributed by atoms with E-state index in [0.717, 1.165) is 22.7 Å². The number of aromatic hydroxyl groups is 1. The molecule has 2 aromatic heterocycles. The van der Waals surface area contributed by atoms with E-state index in [1.807, 2.05) is 32.2 Å². The Morgan fingerprint density at radius 1 is 1.28 bits per heavy atom. The number of aromatic nitrogens is 2. The number of para-hydroxylation sites is 1. The lowest BCUT2D eigenvalue weighted by molar-refractivity contribution is 0.0759. The van der Waals surface area contributed by atoms with Crippen molar-refractivity contribution in [3.63, 3.8) is 0 Å². The van der Waals surface area contributed by atoms with Gasteiger partial charge in [0.05, 0.1) is 11.3 Å². The molecule has 1 aromatic carbocycles. The molecule has 1 amide bonds. The van der Waals surface area contributed by atoms with Crippen LogP contribution in [0, 0.1) is 6.92 Å². The zero-order valence-corrected chi connectivity index (χ0v) is 18.5. The summed E-state index contributed by atoms with van der Waals surface area (Å²) < 4.78 is 0. The van der Waals surface area contributed by atoms with Gasteiger partial charge in [0.1, 0.15) is 10.8 Å². The standard InChI is InChI=1S/C22H25N3O2S2/c1-4-25(22(27)17-9-5-6-10-18(17)26)13-11-19(28-3)20-15(2)24-21(29-20)16-8-7-12-23-14-16/h5-10,12,14,19,26H,4,11,13H2,1-3H3. The number of carbonyl (C=O) groups excluding carboxylic acids is 1. The van der Waals surface area contributed by atoms with Crippen LogP contribution in [-0.2, 0) is 0 Å². The van der Waals surface area contributed by atoms with Gasteiger partial charge in [-0.25, -0.2) is 4.98 Å². The fourth-order valence-corrected chi connectivity index (χ4v) is 5.41. The third-order valence-electron chi connectivity index (χ3n) is 4.78. The molecule has 0 radical (unpaired) electrons. The molecule has 0 bridgehead atoms. The highest BCUT2D eigenvalue weighted by atomic mass is 32.2. The van der Waals surface area contributed by atoms with E-state index in [1.54, 1.807) is 58.5 Å². The Morgan fingerprint density at radius 3 is 2.72 bits per heavy atom. The minimum atomic E-state index is -0.137. The third kappa shape index (κ3) is 4.97. The van der Waals surface area contributed by atoms with Crippen molar-refractivity contribution in [2.45, 2.75) is 25.5 Å². The van der Waals surface area contributed by atoms with Crippen LogP contribution in [0.15, 0.2) is 48.8 Å². The summed E-state index contributed by atoms with van der Waals surface area (Å²) in [7, 11) is 0. The summed E-state index contributed by atoms with van der Waals surface area (Å²) in [5, 5.41) is 11.2. The summed E-state index contributed by atoms with van der Waals surface area (Å²) in [4.78, 5) is 24.8. The molecule has 1 unspecified atom stereocenters. The van der Waals surface area contributed by atoms with Gasteiger partial charge in [-0.15, -0.1) is 11.3 Å². The van der Waals surface area contributed by atoms with Gasteiger partial charge in [-0.05, 0) is 50.8 Å². The molecule has 1 atom stereocenters. The molecule has 7 heteroatoms. The second kappa shape index (κ2) is 9.89. The van der Waals surface area contributed by atoms with Gasteiger partial charge in [0.15, 0.2) is 0 Å². The molecule has 3 aromatic rings. The van der Waals surface area contributed by atoms with E-state index >= 15 is 0 Å². The molecule has 0 saturated carbocycles. The molecule has 0 saturated heterocycles. The number of rotatable bonds is 8. The van der Waals surface area contributed by atoms with Crippen molar-refractivity contribution in [3.8, 4) is 16.3 Å². The highest BCUT2D eigenvalue weighted by Crippen LogP contribution is 2.39. The first-order valence-electron chi connectivity index (χ1n) is 9.53. The van der Waals surface area contributed by atoms with E-state index in [-0.39, 0.29) is 16.9 Å². The van der Waals surface area contributed by atoms with Crippen LogP contribution in [0.5, 0.6) is 5.75 Å². The Bertz CT molecular complexity index is 960. The average Bonchev–Trinajstić information content (AvgIpc) is 3.13. The Balaban J connectivity index is 1.74. The quantitative estimate of drug-likeness (QED) is 0.537. The lowest BCUT2D eigenvalue weighted by atomic mass is 10.1. The summed E-state index contributed by atoms with van der Waals surface area (Å²) in [5.41, 5.74) is 2.41. The van der Waals surface area contributed by atoms with Crippen molar-refractivity contribution in [2.24, 2.45) is 0 Å². The topological polar surface area (TPSA) is 66.3 Å². The Hall–Kier alpha value is -2.38. The summed E-state index contributed by atoms with van der Waals surface area (Å²) in [6.07, 6.45) is 6.51. The van der Waals surface area contributed by atoms with Crippen LogP contribution in [0.2, 0.25) is 0 Å². The fraction of sp³-hybridized carbons (Fsp3) is 0.318. The number of thioether (sulfide) groups is 1. The SMILES string of the molecule is CCN(CCC(SC)c1sc(-c2cccnc2)nc1C)C(=O)c1ccccc1O. The first-order chi connectivity index (χ1) is 14.0. The summed E-state index contributed by atoms with van der Waals surface area (Å²) in [5.74, 6) is -0.112. The van der Waals surface area contributed by atoms with Crippen LogP contribution >= 0.6 is 23.1 Å². The highest BCUT2D eigenvalue weighted by molar-refractivity contribution is 7.98. The first-order valence-corrected chi connectivity index (χ1v) is 11.6. The molecule has 0 fully saturated rings. The largest absolute Gasteiger partial charge is 0.507 e. The third-order valence-corrected chi connectivity index (χ3v) is 7.29. The minimum Gasteiger partial charge on any atom is -0.507 e.